The third-order valence-corrected chi connectivity index (χ3v) is 3.97. The van der Waals surface area contributed by atoms with Crippen molar-refractivity contribution < 1.29 is 9.32 Å². The number of carbonyl (C=O) groups excluding carboxylic acids is 1. The van der Waals surface area contributed by atoms with E-state index in [4.69, 9.17) is 4.52 Å². The van der Waals surface area contributed by atoms with Crippen LogP contribution in [0.25, 0.3) is 0 Å². The molecule has 1 saturated heterocycles. The first-order chi connectivity index (χ1) is 10.7. The molecule has 1 N–H and O–H groups in total. The van der Waals surface area contributed by atoms with E-state index in [2.05, 4.69) is 15.1 Å². The summed E-state index contributed by atoms with van der Waals surface area (Å²) in [7, 11) is 0. The molecule has 0 radical (unpaired) electrons. The Balaban J connectivity index is 1.75. The Morgan fingerprint density at radius 1 is 1.55 bits per heavy atom. The Hall–Kier alpha value is -2.44. The first-order valence-electron chi connectivity index (χ1n) is 7.47. The number of nitrogens with zero attached hydrogens (tertiary/aromatic N) is 3. The quantitative estimate of drug-likeness (QED) is 0.923. The van der Waals surface area contributed by atoms with Gasteiger partial charge in [-0.1, -0.05) is 12.1 Å². The summed E-state index contributed by atoms with van der Waals surface area (Å²) in [6, 6.07) is 3.49. The van der Waals surface area contributed by atoms with Gasteiger partial charge in [-0.05, 0) is 18.9 Å². The van der Waals surface area contributed by atoms with Crippen LogP contribution in [-0.2, 0) is 6.42 Å². The van der Waals surface area contributed by atoms with Gasteiger partial charge < -0.3 is 14.4 Å². The Labute approximate surface area is 127 Å². The topological polar surface area (TPSA) is 92.1 Å². The Morgan fingerprint density at radius 2 is 2.41 bits per heavy atom. The highest BCUT2D eigenvalue weighted by Gasteiger charge is 2.27. The minimum Gasteiger partial charge on any atom is -0.361 e. The number of rotatable bonds is 3. The van der Waals surface area contributed by atoms with Crippen molar-refractivity contribution in [2.75, 3.05) is 13.1 Å². The minimum absolute atomic E-state index is 0.117. The van der Waals surface area contributed by atoms with Crippen LogP contribution < -0.4 is 5.69 Å². The minimum atomic E-state index is -0.356. The summed E-state index contributed by atoms with van der Waals surface area (Å²) in [5.41, 5.74) is 0.817. The molecule has 1 fully saturated rings. The van der Waals surface area contributed by atoms with Gasteiger partial charge in [-0.3, -0.25) is 4.79 Å². The van der Waals surface area contributed by atoms with E-state index in [0.717, 1.165) is 18.5 Å². The van der Waals surface area contributed by atoms with Crippen LogP contribution in [0, 0.1) is 0 Å². The lowest BCUT2D eigenvalue weighted by atomic mass is 9.94. The zero-order valence-electron chi connectivity index (χ0n) is 12.4. The normalized spacial score (nSPS) is 18.4. The second kappa shape index (κ2) is 6.13. The lowest BCUT2D eigenvalue weighted by Gasteiger charge is -2.32. The van der Waals surface area contributed by atoms with Crippen LogP contribution >= 0.6 is 0 Å². The molecule has 0 aliphatic carbocycles. The molecular weight excluding hydrogens is 284 g/mol. The lowest BCUT2D eigenvalue weighted by molar-refractivity contribution is 0.0695. The van der Waals surface area contributed by atoms with Crippen molar-refractivity contribution in [3.8, 4) is 0 Å². The second-order valence-electron chi connectivity index (χ2n) is 5.45. The summed E-state index contributed by atoms with van der Waals surface area (Å²) >= 11 is 0. The molecule has 2 aromatic rings. The van der Waals surface area contributed by atoms with Gasteiger partial charge in [-0.15, -0.1) is 0 Å². The van der Waals surface area contributed by atoms with Crippen molar-refractivity contribution in [1.29, 1.82) is 0 Å². The van der Waals surface area contributed by atoms with Gasteiger partial charge in [0, 0.05) is 43.4 Å². The van der Waals surface area contributed by atoms with E-state index in [-0.39, 0.29) is 17.5 Å². The predicted molar refractivity (Wildman–Crippen MR) is 78.6 cm³/mol. The zero-order chi connectivity index (χ0) is 15.5. The smallest absolute Gasteiger partial charge is 0.345 e. The lowest BCUT2D eigenvalue weighted by Crippen LogP contribution is -2.39. The molecule has 0 bridgehead atoms. The van der Waals surface area contributed by atoms with Crippen LogP contribution in [0.4, 0.5) is 0 Å². The Bertz CT molecular complexity index is 721. The van der Waals surface area contributed by atoms with E-state index >= 15 is 0 Å². The maximum atomic E-state index is 12.5. The number of hydrogen-bond acceptors (Lipinski definition) is 5. The van der Waals surface area contributed by atoms with Gasteiger partial charge in [0.1, 0.15) is 5.76 Å². The molecule has 116 valence electrons. The molecule has 7 heteroatoms. The number of H-pyrrole nitrogens is 1. The number of piperidine rings is 1. The highest BCUT2D eigenvalue weighted by molar-refractivity contribution is 5.92. The summed E-state index contributed by atoms with van der Waals surface area (Å²) in [4.78, 5) is 32.0. The fourth-order valence-electron chi connectivity index (χ4n) is 2.78. The molecule has 3 rings (SSSR count). The van der Waals surface area contributed by atoms with Crippen molar-refractivity contribution in [1.82, 2.24) is 20.0 Å². The molecule has 1 atom stereocenters. The maximum Gasteiger partial charge on any atom is 0.345 e. The van der Waals surface area contributed by atoms with E-state index in [0.29, 0.717) is 31.0 Å². The number of aromatic nitrogens is 3. The number of amides is 1. The molecule has 22 heavy (non-hydrogen) atoms. The molecule has 2 aromatic heterocycles. The molecule has 0 aromatic carbocycles. The van der Waals surface area contributed by atoms with Gasteiger partial charge in [0.05, 0.1) is 0 Å². The van der Waals surface area contributed by atoms with Crippen molar-refractivity contribution in [2.24, 2.45) is 0 Å². The van der Waals surface area contributed by atoms with Crippen molar-refractivity contribution >= 4 is 5.91 Å². The highest BCUT2D eigenvalue weighted by atomic mass is 16.5. The summed E-state index contributed by atoms with van der Waals surface area (Å²) in [5.74, 6) is 0.700. The first-order valence-corrected chi connectivity index (χ1v) is 7.47. The summed E-state index contributed by atoms with van der Waals surface area (Å²) < 4.78 is 5.10. The average molecular weight is 302 g/mol. The van der Waals surface area contributed by atoms with E-state index in [1.807, 2.05) is 6.92 Å². The van der Waals surface area contributed by atoms with Gasteiger partial charge in [0.15, 0.2) is 5.69 Å². The fraction of sp³-hybridized carbons (Fsp3) is 0.467. The molecule has 1 amide bonds. The maximum absolute atomic E-state index is 12.5. The third-order valence-electron chi connectivity index (χ3n) is 3.97. The van der Waals surface area contributed by atoms with E-state index < -0.39 is 0 Å². The van der Waals surface area contributed by atoms with Gasteiger partial charge in [-0.25, -0.2) is 9.78 Å². The second-order valence-corrected chi connectivity index (χ2v) is 5.45. The fourth-order valence-corrected chi connectivity index (χ4v) is 2.78. The molecule has 0 saturated carbocycles. The van der Waals surface area contributed by atoms with E-state index in [9.17, 15) is 9.59 Å². The van der Waals surface area contributed by atoms with Crippen LogP contribution in [0.15, 0.2) is 27.6 Å². The molecule has 0 spiro atoms. The predicted octanol–water partition coefficient (Wildman–Crippen LogP) is 1.34. The summed E-state index contributed by atoms with van der Waals surface area (Å²) in [5, 5.41) is 3.84. The number of aromatic amines is 1. The summed E-state index contributed by atoms with van der Waals surface area (Å²) in [6.07, 6.45) is 4.03. The van der Waals surface area contributed by atoms with Crippen molar-refractivity contribution in [3.63, 3.8) is 0 Å². The molecule has 3 heterocycles. The van der Waals surface area contributed by atoms with Crippen LogP contribution in [0.1, 0.15) is 47.6 Å². The van der Waals surface area contributed by atoms with Crippen LogP contribution in [0.3, 0.4) is 0 Å². The Kier molecular flexibility index (Phi) is 4.04. The van der Waals surface area contributed by atoms with Crippen LogP contribution in [0.2, 0.25) is 0 Å². The van der Waals surface area contributed by atoms with Crippen LogP contribution in [-0.4, -0.2) is 39.0 Å². The van der Waals surface area contributed by atoms with E-state index in [1.54, 1.807) is 17.0 Å². The SMILES string of the molecule is CCc1cc(C(=O)N2CCC[C@@H](c3ccnc(=O)[nH]3)C2)no1. The van der Waals surface area contributed by atoms with Gasteiger partial charge in [0.2, 0.25) is 0 Å². The monoisotopic (exact) mass is 302 g/mol. The zero-order valence-corrected chi connectivity index (χ0v) is 12.4. The molecule has 7 nitrogen and oxygen atoms in total. The number of carbonyl (C=O) groups is 1. The van der Waals surface area contributed by atoms with Crippen molar-refractivity contribution in [3.05, 3.63) is 46.0 Å². The van der Waals surface area contributed by atoms with Crippen LogP contribution in [0.5, 0.6) is 0 Å². The number of nitrogens with one attached hydrogen (secondary N) is 1. The summed E-state index contributed by atoms with van der Waals surface area (Å²) in [6.45, 7) is 3.21. The van der Waals surface area contributed by atoms with Gasteiger partial charge in [0.25, 0.3) is 5.91 Å². The average Bonchev–Trinajstić information content (AvgIpc) is 3.03. The Morgan fingerprint density at radius 3 is 3.14 bits per heavy atom. The standard InChI is InChI=1S/C15H18N4O3/c1-2-11-8-13(18-22-11)14(20)19-7-3-4-10(9-19)12-5-6-16-15(21)17-12/h5-6,8,10H,2-4,7,9H2,1H3,(H,16,17,21)/t10-/m1/s1. The van der Waals surface area contributed by atoms with Crippen molar-refractivity contribution in [2.45, 2.75) is 32.1 Å². The first kappa shape index (κ1) is 14.5. The van der Waals surface area contributed by atoms with E-state index in [1.165, 1.54) is 6.20 Å². The molecule has 1 aliphatic rings. The number of hydrogen-bond donors (Lipinski definition) is 1. The molecule has 0 unspecified atom stereocenters. The number of aryl methyl sites for hydroxylation is 1. The molecular formula is C15H18N4O3. The van der Waals surface area contributed by atoms with Gasteiger partial charge in [-0.2, -0.15) is 0 Å². The number of likely N-dealkylation sites (tertiary alicyclic amines) is 1. The highest BCUT2D eigenvalue weighted by Crippen LogP contribution is 2.25. The largest absolute Gasteiger partial charge is 0.361 e. The molecule has 1 aliphatic heterocycles. The third kappa shape index (κ3) is 2.93. The van der Waals surface area contributed by atoms with Gasteiger partial charge >= 0.3 is 5.69 Å².